The van der Waals surface area contributed by atoms with Crippen LogP contribution in [0.4, 0.5) is 5.69 Å². The van der Waals surface area contributed by atoms with E-state index >= 15 is 0 Å². The Kier molecular flexibility index (Phi) is 9.60. The molecule has 2 rings (SSSR count). The second-order valence-corrected chi connectivity index (χ2v) is 7.20. The Bertz CT molecular complexity index is 613. The number of nitrogen functional groups attached to an aromatic ring is 1. The van der Waals surface area contributed by atoms with Crippen molar-refractivity contribution >= 4 is 17.6 Å². The third-order valence-corrected chi connectivity index (χ3v) is 4.65. The summed E-state index contributed by atoms with van der Waals surface area (Å²) in [5.74, 6) is -0.567. The van der Waals surface area contributed by atoms with Gasteiger partial charge in [0.1, 0.15) is 12.0 Å². The van der Waals surface area contributed by atoms with Crippen molar-refractivity contribution in [3.05, 3.63) is 29.8 Å². The molecule has 0 radical (unpaired) electrons. The van der Waals surface area contributed by atoms with E-state index in [1.165, 1.54) is 0 Å². The molecule has 1 aromatic rings. The van der Waals surface area contributed by atoms with E-state index in [-0.39, 0.29) is 19.8 Å². The van der Waals surface area contributed by atoms with Crippen LogP contribution in [0, 0.1) is 11.8 Å². The van der Waals surface area contributed by atoms with Crippen LogP contribution in [-0.2, 0) is 14.3 Å². The van der Waals surface area contributed by atoms with Crippen molar-refractivity contribution in [1.82, 2.24) is 4.90 Å². The van der Waals surface area contributed by atoms with Crippen LogP contribution in [0.15, 0.2) is 24.3 Å². The van der Waals surface area contributed by atoms with Gasteiger partial charge in [0.05, 0.1) is 12.2 Å². The van der Waals surface area contributed by atoms with Gasteiger partial charge in [-0.25, -0.2) is 4.79 Å². The predicted octanol–water partition coefficient (Wildman–Crippen LogP) is -0.158. The second-order valence-electron chi connectivity index (χ2n) is 7.20. The molecule has 1 fully saturated rings. The molecular formula is C20H31ClN2O4. The first-order chi connectivity index (χ1) is 12.4. The zero-order valence-electron chi connectivity index (χ0n) is 17.3. The first-order valence-corrected chi connectivity index (χ1v) is 9.36. The first kappa shape index (κ1) is 23.2. The maximum absolute atomic E-state index is 12.4. The lowest BCUT2D eigenvalue weighted by Gasteiger charge is -2.37. The summed E-state index contributed by atoms with van der Waals surface area (Å²) in [6.07, 6.45) is 1.24. The number of ether oxygens (including phenoxy) is 2. The quantitative estimate of drug-likeness (QED) is 0.508. The molecule has 0 saturated carbocycles. The monoisotopic (exact) mass is 398 g/mol. The topological polar surface area (TPSA) is 81.9 Å². The van der Waals surface area contributed by atoms with Crippen molar-refractivity contribution < 1.29 is 32.9 Å². The maximum Gasteiger partial charge on any atom is 1.00 e. The van der Waals surface area contributed by atoms with Gasteiger partial charge in [-0.1, -0.05) is 13.8 Å². The van der Waals surface area contributed by atoms with Crippen LogP contribution >= 0.6 is 0 Å². The molecule has 1 saturated heterocycles. The number of esters is 2. The Morgan fingerprint density at radius 3 is 2.56 bits per heavy atom. The number of hydrogen-bond acceptors (Lipinski definition) is 6. The van der Waals surface area contributed by atoms with Gasteiger partial charge in [-0.3, -0.25) is 4.79 Å². The van der Waals surface area contributed by atoms with Crippen LogP contribution in [0.25, 0.3) is 0 Å². The van der Waals surface area contributed by atoms with E-state index in [2.05, 4.69) is 18.7 Å². The number of rotatable bonds is 7. The molecule has 2 N–H and O–H groups in total. The lowest BCUT2D eigenvalue weighted by Crippen LogP contribution is -3.00. The van der Waals surface area contributed by atoms with E-state index in [1.807, 2.05) is 0 Å². The molecule has 0 amide bonds. The van der Waals surface area contributed by atoms with Gasteiger partial charge in [0.25, 0.3) is 0 Å². The van der Waals surface area contributed by atoms with E-state index in [4.69, 9.17) is 15.2 Å². The van der Waals surface area contributed by atoms with E-state index in [1.54, 1.807) is 31.2 Å². The number of nitrogens with two attached hydrogens (primary N) is 1. The van der Waals surface area contributed by atoms with Gasteiger partial charge in [0.2, 0.25) is 0 Å². The average molecular weight is 399 g/mol. The minimum absolute atomic E-state index is 0. The third-order valence-electron chi connectivity index (χ3n) is 4.65. The van der Waals surface area contributed by atoms with Crippen LogP contribution in [0.5, 0.6) is 0 Å². The molecule has 1 aliphatic heterocycles. The van der Waals surface area contributed by atoms with Crippen LogP contribution in [0.3, 0.4) is 0 Å². The van der Waals surface area contributed by atoms with Gasteiger partial charge in [-0.2, -0.15) is 0 Å². The smallest absolute Gasteiger partial charge is 1.00 e. The van der Waals surface area contributed by atoms with Crippen LogP contribution in [-0.4, -0.2) is 49.2 Å². The maximum atomic E-state index is 12.4. The van der Waals surface area contributed by atoms with E-state index in [0.717, 1.165) is 19.5 Å². The van der Waals surface area contributed by atoms with Gasteiger partial charge in [-0.05, 0) is 56.5 Å². The Morgan fingerprint density at radius 2 is 1.96 bits per heavy atom. The van der Waals surface area contributed by atoms with E-state index in [9.17, 15) is 9.59 Å². The molecule has 0 aromatic heterocycles. The molecular weight excluding hydrogens is 368 g/mol. The standard InChI is InChI=1S/C20H30N2O4.ClH/c1-4-25-20(24)17-13-22(11-9-14(2)3)12-10-18(17)26-19(23)15-5-7-16(21)8-6-15;/h5-8,14,17-18H,4,9-13,21H2,1-3H3;1H. The molecule has 27 heavy (non-hydrogen) atoms. The summed E-state index contributed by atoms with van der Waals surface area (Å²) in [6.45, 7) is 8.78. The number of halogens is 1. The number of hydrogen-bond donors (Lipinski definition) is 1. The van der Waals surface area contributed by atoms with E-state index in [0.29, 0.717) is 36.7 Å². The highest BCUT2D eigenvalue weighted by Gasteiger charge is 2.38. The average Bonchev–Trinajstić information content (AvgIpc) is 2.61. The fourth-order valence-corrected chi connectivity index (χ4v) is 3.08. The Balaban J connectivity index is 0.00000364. The molecule has 2 atom stereocenters. The van der Waals surface area contributed by atoms with Crippen LogP contribution in [0.1, 0.15) is 45.4 Å². The van der Waals surface area contributed by atoms with Gasteiger partial charge in [0, 0.05) is 18.8 Å². The summed E-state index contributed by atoms with van der Waals surface area (Å²) >= 11 is 0. The zero-order valence-corrected chi connectivity index (χ0v) is 17.1. The molecule has 0 bridgehead atoms. The second kappa shape index (κ2) is 11.1. The van der Waals surface area contributed by atoms with Crippen LogP contribution in [0.2, 0.25) is 0 Å². The fourth-order valence-electron chi connectivity index (χ4n) is 3.08. The highest BCUT2D eigenvalue weighted by atomic mass is 35.5. The normalized spacial score (nSPS) is 20.0. The molecule has 2 unspecified atom stereocenters. The lowest BCUT2D eigenvalue weighted by molar-refractivity contribution is -0.155. The number of likely N-dealkylation sites (tertiary alicyclic amines) is 1. The molecule has 0 spiro atoms. The number of benzene rings is 1. The Hall–Kier alpha value is -1.79. The van der Waals surface area contributed by atoms with Gasteiger partial charge < -0.3 is 32.5 Å². The predicted molar refractivity (Wildman–Crippen MR) is 102 cm³/mol. The van der Waals surface area contributed by atoms with Gasteiger partial charge in [-0.15, -0.1) is 0 Å². The van der Waals surface area contributed by atoms with Crippen molar-refractivity contribution in [2.75, 3.05) is 32.0 Å². The molecule has 7 heteroatoms. The molecule has 1 aromatic carbocycles. The molecule has 1 aliphatic rings. The minimum atomic E-state index is -0.464. The largest absolute Gasteiger partial charge is 1.00 e. The summed E-state index contributed by atoms with van der Waals surface area (Å²) in [4.78, 5) is 27.1. The number of carbonyl (C=O) groups excluding carboxylic acids is 2. The Morgan fingerprint density at radius 1 is 1.30 bits per heavy atom. The fraction of sp³-hybridized carbons (Fsp3) is 0.600. The van der Waals surface area contributed by atoms with Crippen molar-refractivity contribution in [3.8, 4) is 0 Å². The van der Waals surface area contributed by atoms with Gasteiger partial charge in [0.15, 0.2) is 0 Å². The lowest BCUT2D eigenvalue weighted by atomic mass is 9.93. The molecule has 6 nitrogen and oxygen atoms in total. The van der Waals surface area contributed by atoms with Crippen molar-refractivity contribution in [2.45, 2.75) is 39.7 Å². The SMILES string of the molecule is CCOC(=O)C1CN(CCC(C)C)CCC1OC(=O)c1ccc(N)cc1.[Cl-].[H+]. The van der Waals surface area contributed by atoms with Crippen molar-refractivity contribution in [2.24, 2.45) is 11.8 Å². The van der Waals surface area contributed by atoms with Crippen molar-refractivity contribution in [3.63, 3.8) is 0 Å². The number of carbonyl (C=O) groups is 2. The summed E-state index contributed by atoms with van der Waals surface area (Å²) in [5.41, 5.74) is 6.67. The first-order valence-electron chi connectivity index (χ1n) is 9.36. The van der Waals surface area contributed by atoms with Gasteiger partial charge >= 0.3 is 13.4 Å². The highest BCUT2D eigenvalue weighted by Crippen LogP contribution is 2.24. The molecule has 152 valence electrons. The Labute approximate surface area is 169 Å². The zero-order chi connectivity index (χ0) is 19.1. The number of anilines is 1. The number of piperidine rings is 1. The van der Waals surface area contributed by atoms with Crippen molar-refractivity contribution in [1.29, 1.82) is 0 Å². The number of nitrogens with zero attached hydrogens (tertiary/aromatic N) is 1. The third kappa shape index (κ3) is 7.03. The summed E-state index contributed by atoms with van der Waals surface area (Å²) in [7, 11) is 0. The highest BCUT2D eigenvalue weighted by molar-refractivity contribution is 5.90. The minimum Gasteiger partial charge on any atom is -1.00 e. The summed E-state index contributed by atoms with van der Waals surface area (Å²) in [6, 6.07) is 6.59. The summed E-state index contributed by atoms with van der Waals surface area (Å²) < 4.78 is 10.9. The van der Waals surface area contributed by atoms with Crippen LogP contribution < -0.4 is 18.1 Å². The molecule has 0 aliphatic carbocycles. The summed E-state index contributed by atoms with van der Waals surface area (Å²) in [5, 5.41) is 0. The van der Waals surface area contributed by atoms with E-state index < -0.39 is 18.0 Å². The molecule has 1 heterocycles.